The summed E-state index contributed by atoms with van der Waals surface area (Å²) in [5.74, 6) is 0. The molecule has 0 saturated carbocycles. The molecular formula is C5H9ClN2. The fourth-order valence-electron chi connectivity index (χ4n) is 0.494. The lowest BCUT2D eigenvalue weighted by Crippen LogP contribution is -1.94. The Hall–Kier alpha value is -0.470. The minimum atomic E-state index is 0. The van der Waals surface area contributed by atoms with E-state index in [9.17, 15) is 0 Å². The van der Waals surface area contributed by atoms with Crippen LogP contribution in [-0.2, 0) is 6.54 Å². The fourth-order valence-corrected chi connectivity index (χ4v) is 0.494. The molecule has 46 valence electrons. The number of nitrogens with two attached hydrogens (primary N) is 1. The highest BCUT2D eigenvalue weighted by Gasteiger charge is 1.81. The second-order valence-corrected chi connectivity index (χ2v) is 1.40. The molecule has 0 radical (unpaired) electrons. The van der Waals surface area contributed by atoms with Crippen molar-refractivity contribution in [3.8, 4) is 0 Å². The summed E-state index contributed by atoms with van der Waals surface area (Å²) >= 11 is 0. The molecule has 8 heavy (non-hydrogen) atoms. The number of hydrogen-bond donors (Lipinski definition) is 2. The van der Waals surface area contributed by atoms with Crippen molar-refractivity contribution in [3.05, 3.63) is 24.0 Å². The Morgan fingerprint density at radius 3 is 2.62 bits per heavy atom. The highest BCUT2D eigenvalue weighted by atomic mass is 35.5. The number of H-pyrrole nitrogens is 1. The van der Waals surface area contributed by atoms with Crippen LogP contribution in [-0.4, -0.2) is 4.98 Å². The van der Waals surface area contributed by atoms with Crippen LogP contribution in [0.1, 0.15) is 5.69 Å². The van der Waals surface area contributed by atoms with E-state index in [4.69, 9.17) is 5.73 Å². The Morgan fingerprint density at radius 2 is 2.38 bits per heavy atom. The SMILES string of the molecule is Cl.NCc1ccc[nH]1. The van der Waals surface area contributed by atoms with Gasteiger partial charge in [-0.25, -0.2) is 0 Å². The summed E-state index contributed by atoms with van der Waals surface area (Å²) in [6.45, 7) is 0.604. The normalized spacial score (nSPS) is 8.12. The van der Waals surface area contributed by atoms with Crippen LogP contribution < -0.4 is 5.73 Å². The van der Waals surface area contributed by atoms with E-state index in [0.29, 0.717) is 6.54 Å². The Labute approximate surface area is 54.5 Å². The first-order valence-electron chi connectivity index (χ1n) is 2.26. The Bertz CT molecular complexity index is 125. The molecule has 3 N–H and O–H groups in total. The highest BCUT2D eigenvalue weighted by Crippen LogP contribution is 1.88. The molecule has 0 aliphatic rings. The van der Waals surface area contributed by atoms with Crippen molar-refractivity contribution < 1.29 is 0 Å². The van der Waals surface area contributed by atoms with E-state index in [1.54, 1.807) is 0 Å². The van der Waals surface area contributed by atoms with E-state index >= 15 is 0 Å². The summed E-state index contributed by atoms with van der Waals surface area (Å²) in [5.41, 5.74) is 6.35. The van der Waals surface area contributed by atoms with Gasteiger partial charge in [0.2, 0.25) is 0 Å². The van der Waals surface area contributed by atoms with Crippen molar-refractivity contribution in [2.75, 3.05) is 0 Å². The van der Waals surface area contributed by atoms with Crippen molar-refractivity contribution in [1.29, 1.82) is 0 Å². The molecule has 0 amide bonds. The number of hydrogen-bond acceptors (Lipinski definition) is 1. The number of aromatic nitrogens is 1. The third-order valence-corrected chi connectivity index (χ3v) is 0.882. The number of rotatable bonds is 1. The number of aromatic amines is 1. The molecule has 0 saturated heterocycles. The van der Waals surface area contributed by atoms with Crippen LogP contribution in [0.2, 0.25) is 0 Å². The lowest BCUT2D eigenvalue weighted by molar-refractivity contribution is 1.01. The summed E-state index contributed by atoms with van der Waals surface area (Å²) in [7, 11) is 0. The van der Waals surface area contributed by atoms with Gasteiger partial charge < -0.3 is 10.7 Å². The minimum Gasteiger partial charge on any atom is -0.364 e. The molecule has 1 aromatic heterocycles. The van der Waals surface area contributed by atoms with Gasteiger partial charge in [0.05, 0.1) is 0 Å². The quantitative estimate of drug-likeness (QED) is 0.586. The molecule has 1 heterocycles. The first-order valence-corrected chi connectivity index (χ1v) is 2.26. The zero-order chi connectivity index (χ0) is 5.11. The molecular weight excluding hydrogens is 124 g/mol. The topological polar surface area (TPSA) is 41.8 Å². The van der Waals surface area contributed by atoms with Gasteiger partial charge in [0.25, 0.3) is 0 Å². The molecule has 0 atom stereocenters. The zero-order valence-electron chi connectivity index (χ0n) is 4.42. The molecule has 0 aliphatic carbocycles. The van der Waals surface area contributed by atoms with Gasteiger partial charge in [0.15, 0.2) is 0 Å². The van der Waals surface area contributed by atoms with E-state index in [1.807, 2.05) is 18.3 Å². The second-order valence-electron chi connectivity index (χ2n) is 1.40. The van der Waals surface area contributed by atoms with Crippen LogP contribution in [0.15, 0.2) is 18.3 Å². The standard InChI is InChI=1S/C5H8N2.ClH/c6-4-5-2-1-3-7-5;/h1-3,7H,4,6H2;1H. The van der Waals surface area contributed by atoms with E-state index in [0.717, 1.165) is 5.69 Å². The monoisotopic (exact) mass is 132 g/mol. The Kier molecular flexibility index (Phi) is 3.31. The maximum absolute atomic E-state index is 5.26. The van der Waals surface area contributed by atoms with Gasteiger partial charge in [-0.15, -0.1) is 12.4 Å². The van der Waals surface area contributed by atoms with Crippen LogP contribution in [0.3, 0.4) is 0 Å². The first kappa shape index (κ1) is 7.53. The molecule has 1 aromatic rings. The number of nitrogens with one attached hydrogen (secondary N) is 1. The van der Waals surface area contributed by atoms with Gasteiger partial charge in [0.1, 0.15) is 0 Å². The van der Waals surface area contributed by atoms with Crippen molar-refractivity contribution in [3.63, 3.8) is 0 Å². The lowest BCUT2D eigenvalue weighted by Gasteiger charge is -1.82. The summed E-state index contributed by atoms with van der Waals surface area (Å²) < 4.78 is 0. The van der Waals surface area contributed by atoms with Gasteiger partial charge in [-0.1, -0.05) is 0 Å². The van der Waals surface area contributed by atoms with E-state index < -0.39 is 0 Å². The van der Waals surface area contributed by atoms with Gasteiger partial charge in [-0.2, -0.15) is 0 Å². The van der Waals surface area contributed by atoms with Crippen molar-refractivity contribution >= 4 is 12.4 Å². The van der Waals surface area contributed by atoms with Crippen LogP contribution in [0.4, 0.5) is 0 Å². The first-order chi connectivity index (χ1) is 3.43. The van der Waals surface area contributed by atoms with Crippen molar-refractivity contribution in [1.82, 2.24) is 4.98 Å². The predicted octanol–water partition coefficient (Wildman–Crippen LogP) is 0.895. The van der Waals surface area contributed by atoms with E-state index in [-0.39, 0.29) is 12.4 Å². The largest absolute Gasteiger partial charge is 0.364 e. The predicted molar refractivity (Wildman–Crippen MR) is 35.9 cm³/mol. The average molecular weight is 133 g/mol. The molecule has 0 aliphatic heterocycles. The van der Waals surface area contributed by atoms with Crippen LogP contribution >= 0.6 is 12.4 Å². The Morgan fingerprint density at radius 1 is 1.62 bits per heavy atom. The summed E-state index contributed by atoms with van der Waals surface area (Å²) in [4.78, 5) is 2.96. The molecule has 1 rings (SSSR count). The third-order valence-electron chi connectivity index (χ3n) is 0.882. The summed E-state index contributed by atoms with van der Waals surface area (Å²) in [6, 6.07) is 3.89. The van der Waals surface area contributed by atoms with Gasteiger partial charge in [0, 0.05) is 18.4 Å². The maximum atomic E-state index is 5.26. The zero-order valence-corrected chi connectivity index (χ0v) is 5.24. The van der Waals surface area contributed by atoms with Crippen LogP contribution in [0.5, 0.6) is 0 Å². The third kappa shape index (κ3) is 1.56. The molecule has 0 spiro atoms. The maximum Gasteiger partial charge on any atom is 0.0332 e. The van der Waals surface area contributed by atoms with Crippen LogP contribution in [0.25, 0.3) is 0 Å². The lowest BCUT2D eigenvalue weighted by atomic mass is 10.4. The van der Waals surface area contributed by atoms with Crippen LogP contribution in [0, 0.1) is 0 Å². The summed E-state index contributed by atoms with van der Waals surface area (Å²) in [6.07, 6.45) is 1.86. The van der Waals surface area contributed by atoms with Gasteiger partial charge in [-0.05, 0) is 12.1 Å². The van der Waals surface area contributed by atoms with E-state index in [2.05, 4.69) is 4.98 Å². The average Bonchev–Trinajstić information content (AvgIpc) is 2.14. The molecule has 0 bridgehead atoms. The minimum absolute atomic E-state index is 0. The van der Waals surface area contributed by atoms with Crippen molar-refractivity contribution in [2.45, 2.75) is 6.54 Å². The van der Waals surface area contributed by atoms with Crippen molar-refractivity contribution in [2.24, 2.45) is 5.73 Å². The molecule has 2 nitrogen and oxygen atoms in total. The molecule has 0 aromatic carbocycles. The van der Waals surface area contributed by atoms with Gasteiger partial charge >= 0.3 is 0 Å². The Balaban J connectivity index is 0.000000490. The van der Waals surface area contributed by atoms with E-state index in [1.165, 1.54) is 0 Å². The summed E-state index contributed by atoms with van der Waals surface area (Å²) in [5, 5.41) is 0. The number of halogens is 1. The second kappa shape index (κ2) is 3.52. The molecule has 0 unspecified atom stereocenters. The smallest absolute Gasteiger partial charge is 0.0332 e. The highest BCUT2D eigenvalue weighted by molar-refractivity contribution is 5.85. The molecule has 3 heteroatoms. The molecule has 0 fully saturated rings. The fraction of sp³-hybridized carbons (Fsp3) is 0.200. The van der Waals surface area contributed by atoms with Gasteiger partial charge in [-0.3, -0.25) is 0 Å².